The van der Waals surface area contributed by atoms with Crippen LogP contribution >= 0.6 is 0 Å². The van der Waals surface area contributed by atoms with Crippen LogP contribution in [0.3, 0.4) is 0 Å². The number of primary amides is 1. The molecule has 1 amide bonds. The summed E-state index contributed by atoms with van der Waals surface area (Å²) in [4.78, 5) is 25.4. The van der Waals surface area contributed by atoms with Gasteiger partial charge in [0, 0.05) is 40.0 Å². The maximum Gasteiger partial charge on any atom is 0.250 e. The average molecular weight is 591 g/mol. The number of aromatic nitrogens is 2. The number of amides is 1. The van der Waals surface area contributed by atoms with Gasteiger partial charge in [0.15, 0.2) is 11.6 Å². The van der Waals surface area contributed by atoms with Crippen molar-refractivity contribution < 1.29 is 13.6 Å². The second-order valence-corrected chi connectivity index (χ2v) is 9.84. The van der Waals surface area contributed by atoms with Gasteiger partial charge in [-0.25, -0.2) is 18.7 Å². The van der Waals surface area contributed by atoms with Crippen molar-refractivity contribution >= 4 is 35.0 Å². The molecule has 0 aliphatic rings. The van der Waals surface area contributed by atoms with Crippen molar-refractivity contribution in [2.24, 2.45) is 16.5 Å². The van der Waals surface area contributed by atoms with Gasteiger partial charge in [0.1, 0.15) is 5.82 Å². The Labute approximate surface area is 251 Å². The van der Waals surface area contributed by atoms with Crippen molar-refractivity contribution in [2.45, 2.75) is 61.3 Å². The van der Waals surface area contributed by atoms with Crippen molar-refractivity contribution in [3.05, 3.63) is 98.8 Å². The number of rotatable bonds is 12. The van der Waals surface area contributed by atoms with Crippen LogP contribution in [0, 0.1) is 25.1 Å². The molecule has 0 bridgehead atoms. The van der Waals surface area contributed by atoms with Crippen LogP contribution in [-0.2, 0) is 4.79 Å². The Morgan fingerprint density at radius 2 is 1.79 bits per heavy atom. The topological polar surface area (TPSA) is 169 Å². The fourth-order valence-electron chi connectivity index (χ4n) is 4.19. The van der Waals surface area contributed by atoms with Crippen LogP contribution in [-0.4, -0.2) is 27.8 Å². The molecule has 0 saturated carbocycles. The third-order valence-electron chi connectivity index (χ3n) is 6.57. The number of nitrogens with one attached hydrogen (secondary N) is 2. The number of nitrogen functional groups attached to an aromatic ring is 1. The summed E-state index contributed by atoms with van der Waals surface area (Å²) in [7, 11) is 0. The first kappa shape index (κ1) is 34.3. The number of nitrogens with zero attached hydrogens (tertiary/aromatic N) is 3. The highest BCUT2D eigenvalue weighted by molar-refractivity contribution is 6.08. The molecule has 8 N–H and O–H groups in total. The molecule has 11 heteroatoms. The van der Waals surface area contributed by atoms with Gasteiger partial charge in [0.2, 0.25) is 0 Å². The number of benzene rings is 1. The molecule has 0 atom stereocenters. The first-order valence-electron chi connectivity index (χ1n) is 13.7. The lowest BCUT2D eigenvalue weighted by Gasteiger charge is -2.20. The molecular formula is C32H40F2N8O. The van der Waals surface area contributed by atoms with Crippen molar-refractivity contribution in [2.75, 3.05) is 11.1 Å². The Kier molecular flexibility index (Phi) is 12.2. The largest absolute Gasteiger partial charge is 0.398 e. The standard InChI is InChI=1S/C32H40F2N8O/c1-8-10-23(31(38)43)28(37)30(27-18(4)11-14-26(36)24(27)15-35)40-20(6)22(13-12-19(5)33)29(17(3)9-2)42-32-25(34)16-39-21(7)41-32/h10-16,35H,8-9,36-37H2,1-7H3,(H2,38,43)(H,39,41,42)/b19-12+,22-13-,23-10-,29-17-,30-28+,35-15?,40-20-. The minimum Gasteiger partial charge on any atom is -0.398 e. The quantitative estimate of drug-likeness (QED) is 0.0838. The molecule has 228 valence electrons. The van der Waals surface area contributed by atoms with Gasteiger partial charge in [-0.15, -0.1) is 0 Å². The smallest absolute Gasteiger partial charge is 0.250 e. The number of hydrogen-bond acceptors (Lipinski definition) is 8. The Morgan fingerprint density at radius 3 is 2.35 bits per heavy atom. The number of carbonyl (C=O) groups is 1. The van der Waals surface area contributed by atoms with Gasteiger partial charge in [-0.3, -0.25) is 9.79 Å². The van der Waals surface area contributed by atoms with E-state index in [2.05, 4.69) is 15.3 Å². The highest BCUT2D eigenvalue weighted by Crippen LogP contribution is 2.32. The van der Waals surface area contributed by atoms with Crippen molar-refractivity contribution in [3.8, 4) is 0 Å². The van der Waals surface area contributed by atoms with Crippen LogP contribution in [0.25, 0.3) is 5.70 Å². The first-order valence-corrected chi connectivity index (χ1v) is 13.7. The van der Waals surface area contributed by atoms with Gasteiger partial charge in [0.25, 0.3) is 5.91 Å². The Balaban J connectivity index is 3.06. The number of aryl methyl sites for hydroxylation is 2. The second-order valence-electron chi connectivity index (χ2n) is 9.84. The maximum absolute atomic E-state index is 14.8. The van der Waals surface area contributed by atoms with E-state index in [9.17, 15) is 13.6 Å². The molecule has 0 spiro atoms. The minimum absolute atomic E-state index is 0.0229. The van der Waals surface area contributed by atoms with Crippen LogP contribution < -0.4 is 22.5 Å². The summed E-state index contributed by atoms with van der Waals surface area (Å²) >= 11 is 0. The van der Waals surface area contributed by atoms with Crippen molar-refractivity contribution in [1.29, 1.82) is 5.41 Å². The van der Waals surface area contributed by atoms with Gasteiger partial charge in [-0.1, -0.05) is 26.0 Å². The Bertz CT molecular complexity index is 1590. The molecule has 1 aromatic heterocycles. The van der Waals surface area contributed by atoms with Gasteiger partial charge >= 0.3 is 0 Å². The van der Waals surface area contributed by atoms with E-state index in [1.54, 1.807) is 39.0 Å². The maximum atomic E-state index is 14.8. The third kappa shape index (κ3) is 8.54. The van der Waals surface area contributed by atoms with E-state index in [4.69, 9.17) is 27.6 Å². The van der Waals surface area contributed by atoms with Crippen LogP contribution in [0.2, 0.25) is 0 Å². The van der Waals surface area contributed by atoms with E-state index >= 15 is 0 Å². The number of nitrogens with two attached hydrogens (primary N) is 3. The lowest BCUT2D eigenvalue weighted by atomic mass is 9.94. The van der Waals surface area contributed by atoms with Gasteiger partial charge < -0.3 is 27.9 Å². The van der Waals surface area contributed by atoms with Crippen LogP contribution in [0.5, 0.6) is 0 Å². The third-order valence-corrected chi connectivity index (χ3v) is 6.57. The highest BCUT2D eigenvalue weighted by Gasteiger charge is 2.22. The molecule has 2 aromatic rings. The summed E-state index contributed by atoms with van der Waals surface area (Å²) in [6.07, 6.45) is 7.53. The molecule has 0 fully saturated rings. The summed E-state index contributed by atoms with van der Waals surface area (Å²) < 4.78 is 28.9. The summed E-state index contributed by atoms with van der Waals surface area (Å²) in [5, 5.41) is 11.1. The van der Waals surface area contributed by atoms with Crippen molar-refractivity contribution in [1.82, 2.24) is 9.97 Å². The van der Waals surface area contributed by atoms with Gasteiger partial charge in [0.05, 0.1) is 29.0 Å². The molecule has 43 heavy (non-hydrogen) atoms. The molecule has 0 unspecified atom stereocenters. The Hall–Kier alpha value is -4.93. The fraction of sp³-hybridized carbons (Fsp3) is 0.281. The summed E-state index contributed by atoms with van der Waals surface area (Å²) in [5.41, 5.74) is 22.4. The minimum atomic E-state index is -0.756. The average Bonchev–Trinajstić information content (AvgIpc) is 2.95. The zero-order chi connectivity index (χ0) is 32.4. The predicted molar refractivity (Wildman–Crippen MR) is 172 cm³/mol. The van der Waals surface area contributed by atoms with Gasteiger partial charge in [-0.05, 0) is 76.8 Å². The van der Waals surface area contributed by atoms with Crippen LogP contribution in [0.15, 0.2) is 75.5 Å². The molecule has 0 aliphatic heterocycles. The normalized spacial score (nSPS) is 14.3. The summed E-state index contributed by atoms with van der Waals surface area (Å²) in [6, 6.07) is 3.41. The molecule has 0 radical (unpaired) electrons. The van der Waals surface area contributed by atoms with Crippen LogP contribution in [0.1, 0.15) is 70.0 Å². The molecule has 0 saturated heterocycles. The van der Waals surface area contributed by atoms with E-state index in [1.807, 2.05) is 20.8 Å². The van der Waals surface area contributed by atoms with E-state index in [-0.39, 0.29) is 22.8 Å². The highest BCUT2D eigenvalue weighted by atomic mass is 19.1. The molecular weight excluding hydrogens is 550 g/mol. The number of anilines is 2. The predicted octanol–water partition coefficient (Wildman–Crippen LogP) is 6.32. The van der Waals surface area contributed by atoms with Crippen molar-refractivity contribution in [3.63, 3.8) is 0 Å². The summed E-state index contributed by atoms with van der Waals surface area (Å²) in [6.45, 7) is 12.0. The van der Waals surface area contributed by atoms with Crippen LogP contribution in [0.4, 0.5) is 20.3 Å². The number of hydrogen-bond donors (Lipinski definition) is 5. The molecule has 9 nitrogen and oxygen atoms in total. The van der Waals surface area contributed by atoms with E-state index < -0.39 is 17.6 Å². The lowest BCUT2D eigenvalue weighted by molar-refractivity contribution is -0.114. The molecule has 2 rings (SSSR count). The number of allylic oxidation sites excluding steroid dienone is 6. The van der Waals surface area contributed by atoms with E-state index in [1.165, 1.54) is 19.1 Å². The summed E-state index contributed by atoms with van der Waals surface area (Å²) in [5.74, 6) is -1.62. The monoisotopic (exact) mass is 590 g/mol. The number of carbonyl (C=O) groups excluding carboxylic acids is 1. The van der Waals surface area contributed by atoms with Gasteiger partial charge in [-0.2, -0.15) is 0 Å². The zero-order valence-corrected chi connectivity index (χ0v) is 25.7. The number of aliphatic imine (C=N–C) groups is 1. The lowest BCUT2D eigenvalue weighted by Crippen LogP contribution is -2.21. The van der Waals surface area contributed by atoms with E-state index in [0.29, 0.717) is 58.0 Å². The molecule has 1 aromatic carbocycles. The van der Waals surface area contributed by atoms with E-state index in [0.717, 1.165) is 18.0 Å². The Morgan fingerprint density at radius 1 is 1.12 bits per heavy atom. The number of halogens is 2. The SMILES string of the molecule is CC/C=C(C(N)=O)/C(N)=C(\N=C(C)/C(=C/C=C(\C)F)C(/Nc1nc(C)ncc1F)=C(\C)CC)c1c(C)ccc(N)c1C=N. The first-order chi connectivity index (χ1) is 20.3. The molecule has 1 heterocycles. The fourth-order valence-corrected chi connectivity index (χ4v) is 4.19. The zero-order valence-electron chi connectivity index (χ0n) is 25.7. The second kappa shape index (κ2) is 15.3. The molecule has 0 aliphatic carbocycles.